The molecule has 2 aliphatic rings. The first kappa shape index (κ1) is 25.3. The van der Waals surface area contributed by atoms with Crippen LogP contribution in [0.15, 0.2) is 103 Å². The lowest BCUT2D eigenvalue weighted by molar-refractivity contribution is 0.0526. The number of fused-ring (bicyclic) bond motifs is 5. The lowest BCUT2D eigenvalue weighted by Crippen LogP contribution is -2.40. The van der Waals surface area contributed by atoms with Gasteiger partial charge in [0.1, 0.15) is 12.0 Å². The molecule has 0 spiro atoms. The summed E-state index contributed by atoms with van der Waals surface area (Å²) in [5.74, 6) is 0.124. The molecule has 0 amide bonds. The largest absolute Gasteiger partial charge is 0.496 e. The first-order valence-corrected chi connectivity index (χ1v) is 14.0. The van der Waals surface area contributed by atoms with Crippen molar-refractivity contribution in [1.82, 2.24) is 9.47 Å². The standard InChI is InChI=1S/C35H30N2O4/c1-3-41-34(39)31-30-27(19-23(22-38)20-29(30)40-2)36-21-28-32(33(31)36)37(28)35(24-13-7-4-8-14-24,25-15-9-5-10-16-25)26-17-11-6-12-18-26/h4-20,22,28,32H,3,21H2,1-2H3/t28-,32-,37?/m0/s1. The molecule has 1 aromatic heterocycles. The summed E-state index contributed by atoms with van der Waals surface area (Å²) < 4.78 is 13.5. The number of benzene rings is 4. The molecular formula is C35H30N2O4. The van der Waals surface area contributed by atoms with E-state index < -0.39 is 5.54 Å². The topological polar surface area (TPSA) is 60.5 Å². The summed E-state index contributed by atoms with van der Waals surface area (Å²) in [5, 5.41) is 0.696. The second kappa shape index (κ2) is 9.75. The number of esters is 1. The van der Waals surface area contributed by atoms with Crippen LogP contribution in [0.4, 0.5) is 0 Å². The van der Waals surface area contributed by atoms with Crippen molar-refractivity contribution >= 4 is 23.2 Å². The minimum absolute atomic E-state index is 0.0492. The van der Waals surface area contributed by atoms with Gasteiger partial charge in [-0.2, -0.15) is 0 Å². The number of nitrogens with zero attached hydrogens (tertiary/aromatic N) is 2. The fourth-order valence-electron chi connectivity index (χ4n) is 7.03. The molecule has 1 fully saturated rings. The van der Waals surface area contributed by atoms with E-state index in [1.807, 2.05) is 31.2 Å². The third-order valence-corrected chi connectivity index (χ3v) is 8.57. The van der Waals surface area contributed by atoms with Crippen LogP contribution in [0, 0.1) is 0 Å². The van der Waals surface area contributed by atoms with Gasteiger partial charge in [0.2, 0.25) is 0 Å². The van der Waals surface area contributed by atoms with Crippen molar-refractivity contribution in [2.75, 3.05) is 13.7 Å². The highest BCUT2D eigenvalue weighted by Gasteiger charge is 2.65. The lowest BCUT2D eigenvalue weighted by atomic mass is 9.76. The Kier molecular flexibility index (Phi) is 6.02. The van der Waals surface area contributed by atoms with Crippen LogP contribution in [0.3, 0.4) is 0 Å². The van der Waals surface area contributed by atoms with E-state index in [1.54, 1.807) is 13.2 Å². The number of aromatic nitrogens is 1. The Morgan fingerprint density at radius 2 is 1.46 bits per heavy atom. The molecule has 0 radical (unpaired) electrons. The Labute approximate surface area is 238 Å². The van der Waals surface area contributed by atoms with Crippen molar-refractivity contribution in [2.45, 2.75) is 31.1 Å². The van der Waals surface area contributed by atoms with Crippen molar-refractivity contribution in [3.8, 4) is 5.75 Å². The van der Waals surface area contributed by atoms with Crippen molar-refractivity contribution < 1.29 is 19.1 Å². The third kappa shape index (κ3) is 3.60. The van der Waals surface area contributed by atoms with Crippen LogP contribution in [0.2, 0.25) is 0 Å². The third-order valence-electron chi connectivity index (χ3n) is 8.57. The van der Waals surface area contributed by atoms with E-state index in [9.17, 15) is 9.59 Å². The van der Waals surface area contributed by atoms with Gasteiger partial charge in [0.05, 0.1) is 53.5 Å². The Morgan fingerprint density at radius 1 is 0.902 bits per heavy atom. The predicted octanol–water partition coefficient (Wildman–Crippen LogP) is 6.37. The van der Waals surface area contributed by atoms with Gasteiger partial charge in [0, 0.05) is 12.1 Å². The first-order chi connectivity index (χ1) is 20.1. The number of aldehydes is 1. The van der Waals surface area contributed by atoms with Gasteiger partial charge >= 0.3 is 5.97 Å². The maximum Gasteiger partial charge on any atom is 0.340 e. The average Bonchev–Trinajstić information content (AvgIpc) is 3.43. The van der Waals surface area contributed by atoms with E-state index in [1.165, 1.54) is 0 Å². The second-order valence-corrected chi connectivity index (χ2v) is 10.6. The average molecular weight is 543 g/mol. The summed E-state index contributed by atoms with van der Waals surface area (Å²) in [6.07, 6.45) is 0.819. The summed E-state index contributed by atoms with van der Waals surface area (Å²) in [7, 11) is 1.57. The molecule has 41 heavy (non-hydrogen) atoms. The van der Waals surface area contributed by atoms with E-state index in [-0.39, 0.29) is 24.7 Å². The van der Waals surface area contributed by atoms with E-state index in [0.717, 1.165) is 34.2 Å². The van der Waals surface area contributed by atoms with E-state index in [2.05, 4.69) is 82.3 Å². The Morgan fingerprint density at radius 3 is 1.95 bits per heavy atom. The van der Waals surface area contributed by atoms with Crippen molar-refractivity contribution in [1.29, 1.82) is 0 Å². The molecule has 6 heteroatoms. The molecule has 0 N–H and O–H groups in total. The summed E-state index contributed by atoms with van der Waals surface area (Å²) >= 11 is 0. The van der Waals surface area contributed by atoms with Crippen LogP contribution in [0.25, 0.3) is 10.9 Å². The first-order valence-electron chi connectivity index (χ1n) is 14.0. The molecule has 3 heterocycles. The number of hydrogen-bond acceptors (Lipinski definition) is 5. The smallest absolute Gasteiger partial charge is 0.340 e. The molecule has 1 saturated heterocycles. The van der Waals surface area contributed by atoms with Crippen LogP contribution < -0.4 is 4.74 Å². The molecule has 0 bridgehead atoms. The van der Waals surface area contributed by atoms with Gasteiger partial charge in [0.25, 0.3) is 0 Å². The van der Waals surface area contributed by atoms with E-state index in [4.69, 9.17) is 9.47 Å². The van der Waals surface area contributed by atoms with Crippen LogP contribution in [-0.4, -0.2) is 41.5 Å². The SMILES string of the molecule is CCOC(=O)c1c2n(c3cc(C=O)cc(OC)c13)C[C@H]1[C@@H]2N1C(c1ccccc1)(c1ccccc1)c1ccccc1. The highest BCUT2D eigenvalue weighted by Crippen LogP contribution is 2.62. The maximum atomic E-state index is 13.7. The van der Waals surface area contributed by atoms with E-state index >= 15 is 0 Å². The normalized spacial score (nSPS) is 18.9. The Balaban J connectivity index is 1.51. The van der Waals surface area contributed by atoms with Crippen molar-refractivity contribution in [3.05, 3.63) is 137 Å². The molecule has 1 unspecified atom stereocenters. The number of hydrogen-bond donors (Lipinski definition) is 0. The molecule has 6 nitrogen and oxygen atoms in total. The minimum atomic E-state index is -0.592. The zero-order valence-electron chi connectivity index (χ0n) is 23.0. The number of methoxy groups -OCH3 is 1. The summed E-state index contributed by atoms with van der Waals surface area (Å²) in [6.45, 7) is 2.75. The van der Waals surface area contributed by atoms with Gasteiger partial charge in [0.15, 0.2) is 0 Å². The Hall–Kier alpha value is -4.68. The fraction of sp³-hybridized carbons (Fsp3) is 0.200. The lowest BCUT2D eigenvalue weighted by Gasteiger charge is -2.39. The fourth-order valence-corrected chi connectivity index (χ4v) is 7.03. The van der Waals surface area contributed by atoms with Crippen LogP contribution in [0.1, 0.15) is 56.1 Å². The van der Waals surface area contributed by atoms with Crippen molar-refractivity contribution in [3.63, 3.8) is 0 Å². The quantitative estimate of drug-likeness (QED) is 0.0987. The van der Waals surface area contributed by atoms with Gasteiger partial charge in [-0.3, -0.25) is 9.69 Å². The minimum Gasteiger partial charge on any atom is -0.496 e. The van der Waals surface area contributed by atoms with E-state index in [0.29, 0.717) is 28.8 Å². The van der Waals surface area contributed by atoms with Crippen LogP contribution in [-0.2, 0) is 16.8 Å². The molecule has 0 saturated carbocycles. The highest BCUT2D eigenvalue weighted by molar-refractivity contribution is 6.10. The molecule has 5 aromatic rings. The molecule has 204 valence electrons. The van der Waals surface area contributed by atoms with Gasteiger partial charge in [-0.15, -0.1) is 0 Å². The zero-order chi connectivity index (χ0) is 28.1. The van der Waals surface area contributed by atoms with Gasteiger partial charge in [-0.25, -0.2) is 4.79 Å². The monoisotopic (exact) mass is 542 g/mol. The molecule has 4 aromatic carbocycles. The molecule has 7 rings (SSSR count). The summed E-state index contributed by atoms with van der Waals surface area (Å²) in [6, 6.07) is 35.4. The number of rotatable bonds is 8. The summed E-state index contributed by atoms with van der Waals surface area (Å²) in [5.41, 5.74) is 5.65. The number of carbonyl (C=O) groups excluding carboxylic acids is 2. The van der Waals surface area contributed by atoms with Crippen molar-refractivity contribution in [2.24, 2.45) is 0 Å². The van der Waals surface area contributed by atoms with Crippen LogP contribution >= 0.6 is 0 Å². The highest BCUT2D eigenvalue weighted by atomic mass is 16.5. The second-order valence-electron chi connectivity index (χ2n) is 10.6. The number of ether oxygens (including phenoxy) is 2. The summed E-state index contributed by atoms with van der Waals surface area (Å²) in [4.78, 5) is 28.0. The van der Waals surface area contributed by atoms with Gasteiger partial charge < -0.3 is 14.0 Å². The zero-order valence-corrected chi connectivity index (χ0v) is 23.0. The molecule has 3 atom stereocenters. The Bertz CT molecular complexity index is 1670. The predicted molar refractivity (Wildman–Crippen MR) is 157 cm³/mol. The molecule has 2 aliphatic heterocycles. The van der Waals surface area contributed by atoms with Crippen LogP contribution in [0.5, 0.6) is 5.75 Å². The molecule has 0 aliphatic carbocycles. The van der Waals surface area contributed by atoms with Gasteiger partial charge in [-0.05, 0) is 35.7 Å². The maximum absolute atomic E-state index is 13.7. The molecular weight excluding hydrogens is 512 g/mol. The number of carbonyl (C=O) groups is 2. The van der Waals surface area contributed by atoms with Gasteiger partial charge in [-0.1, -0.05) is 91.0 Å².